The summed E-state index contributed by atoms with van der Waals surface area (Å²) >= 11 is 0. The number of carbonyl (C=O) groups is 1. The first-order valence-electron chi connectivity index (χ1n) is 23.6. The molecule has 1 amide bonds. The molecule has 10 rings (SSSR count). The largest absolute Gasteiger partial charge is 0.479 e. The van der Waals surface area contributed by atoms with Gasteiger partial charge in [-0.25, -0.2) is 14.4 Å². The van der Waals surface area contributed by atoms with Gasteiger partial charge in [0, 0.05) is 38.6 Å². The van der Waals surface area contributed by atoms with Crippen LogP contribution < -0.4 is 40.9 Å². The fourth-order valence-electron chi connectivity index (χ4n) is 9.79. The third-order valence-corrected chi connectivity index (χ3v) is 13.0. The number of anilines is 2. The van der Waals surface area contributed by atoms with Crippen molar-refractivity contribution in [2.45, 2.75) is 111 Å². The molecule has 70 heavy (non-hydrogen) atoms. The molecule has 10 heterocycles. The van der Waals surface area contributed by atoms with Crippen molar-refractivity contribution in [1.29, 1.82) is 0 Å². The van der Waals surface area contributed by atoms with E-state index in [2.05, 4.69) is 29.9 Å². The number of nitrogens with one attached hydrogen (secondary N) is 1. The van der Waals surface area contributed by atoms with Crippen LogP contribution >= 0.6 is 0 Å². The maximum Gasteiger partial charge on any atom is 0.410 e. The number of piperazine rings is 1. The van der Waals surface area contributed by atoms with Gasteiger partial charge in [0.25, 0.3) is 11.4 Å². The van der Waals surface area contributed by atoms with Crippen molar-refractivity contribution >= 4 is 39.5 Å². The number of aromatic amines is 1. The van der Waals surface area contributed by atoms with Gasteiger partial charge in [0.05, 0.1) is 42.0 Å². The van der Waals surface area contributed by atoms with Crippen molar-refractivity contribution in [2.75, 3.05) is 56.3 Å². The van der Waals surface area contributed by atoms with E-state index < -0.39 is 40.3 Å². The number of amides is 1. The third-order valence-electron chi connectivity index (χ3n) is 13.0. The lowest BCUT2D eigenvalue weighted by Gasteiger charge is -2.41. The number of fused-ring (bicyclic) bond motifs is 4. The average Bonchev–Trinajstić information content (AvgIpc) is 3.56. The van der Waals surface area contributed by atoms with Crippen molar-refractivity contribution in [1.82, 2.24) is 43.9 Å². The molecule has 2 saturated heterocycles. The van der Waals surface area contributed by atoms with E-state index in [9.17, 15) is 19.2 Å². The van der Waals surface area contributed by atoms with E-state index in [0.29, 0.717) is 60.2 Å². The first-order valence-corrected chi connectivity index (χ1v) is 23.6. The summed E-state index contributed by atoms with van der Waals surface area (Å²) in [4.78, 5) is 82.6. The van der Waals surface area contributed by atoms with E-state index in [1.165, 1.54) is 16.2 Å². The first-order chi connectivity index (χ1) is 33.3. The van der Waals surface area contributed by atoms with E-state index in [4.69, 9.17) is 18.9 Å². The van der Waals surface area contributed by atoms with Crippen LogP contribution in [0.25, 0.3) is 33.2 Å². The minimum atomic E-state index is -1.03. The lowest BCUT2D eigenvalue weighted by Crippen LogP contribution is -2.57. The minimum absolute atomic E-state index is 0.0185. The summed E-state index contributed by atoms with van der Waals surface area (Å²) < 4.78 is 56.8. The molecular formula is C49H57F2N11O8. The van der Waals surface area contributed by atoms with Crippen molar-refractivity contribution in [2.24, 2.45) is 0 Å². The van der Waals surface area contributed by atoms with Crippen LogP contribution in [0.5, 0.6) is 17.6 Å². The molecule has 0 aliphatic carbocycles. The van der Waals surface area contributed by atoms with Crippen LogP contribution in [0.15, 0.2) is 38.9 Å². The summed E-state index contributed by atoms with van der Waals surface area (Å²) in [5.74, 6) is -1.33. The number of ether oxygens (including phenoxy) is 4. The first kappa shape index (κ1) is 47.9. The smallest absolute Gasteiger partial charge is 0.410 e. The lowest BCUT2D eigenvalue weighted by atomic mass is 10.0. The Kier molecular flexibility index (Phi) is 12.5. The Morgan fingerprint density at radius 1 is 0.771 bits per heavy atom. The molecule has 0 spiro atoms. The Morgan fingerprint density at radius 3 is 1.93 bits per heavy atom. The fraction of sp³-hybridized carbons (Fsp3) is 0.490. The van der Waals surface area contributed by atoms with Gasteiger partial charge in [-0.1, -0.05) is 27.7 Å². The zero-order chi connectivity index (χ0) is 50.1. The van der Waals surface area contributed by atoms with E-state index in [-0.39, 0.29) is 76.9 Å². The molecule has 2 atom stereocenters. The van der Waals surface area contributed by atoms with Gasteiger partial charge in [0.1, 0.15) is 52.3 Å². The van der Waals surface area contributed by atoms with Gasteiger partial charge in [-0.2, -0.15) is 23.7 Å². The highest BCUT2D eigenvalue weighted by Gasteiger charge is 2.39. The Bertz CT molecular complexity index is 3260. The Balaban J connectivity index is 0.000000178. The van der Waals surface area contributed by atoms with Crippen LogP contribution in [0.1, 0.15) is 102 Å². The molecule has 1 N–H and O–H groups in total. The second-order valence-electron chi connectivity index (χ2n) is 19.7. The normalized spacial score (nSPS) is 17.5. The lowest BCUT2D eigenvalue weighted by molar-refractivity contribution is 0.0201. The molecular weight excluding hydrogens is 909 g/mol. The highest BCUT2D eigenvalue weighted by atomic mass is 19.1. The van der Waals surface area contributed by atoms with Gasteiger partial charge in [-0.3, -0.25) is 28.9 Å². The number of nitrogens with zero attached hydrogens (tertiary/aromatic N) is 10. The number of pyridine rings is 4. The molecule has 0 bridgehead atoms. The predicted octanol–water partition coefficient (Wildman–Crippen LogP) is 6.36. The van der Waals surface area contributed by atoms with Crippen molar-refractivity contribution in [3.8, 4) is 29.0 Å². The van der Waals surface area contributed by atoms with Crippen LogP contribution in [-0.4, -0.2) is 114 Å². The number of hydrogen-bond donors (Lipinski definition) is 1. The quantitative estimate of drug-likeness (QED) is 0.200. The number of H-pyrrole nitrogens is 1. The van der Waals surface area contributed by atoms with Crippen molar-refractivity contribution in [3.63, 3.8) is 0 Å². The van der Waals surface area contributed by atoms with Gasteiger partial charge in [-0.05, 0) is 89.0 Å². The summed E-state index contributed by atoms with van der Waals surface area (Å²) in [5, 5.41) is 0.582. The number of aromatic nitrogens is 8. The van der Waals surface area contributed by atoms with E-state index >= 15 is 8.78 Å². The zero-order valence-electron chi connectivity index (χ0n) is 41.0. The highest BCUT2D eigenvalue weighted by Crippen LogP contribution is 2.42. The predicted molar refractivity (Wildman–Crippen MR) is 258 cm³/mol. The van der Waals surface area contributed by atoms with Gasteiger partial charge < -0.3 is 33.6 Å². The van der Waals surface area contributed by atoms with Crippen LogP contribution in [0.4, 0.5) is 25.2 Å². The van der Waals surface area contributed by atoms with Gasteiger partial charge in [-0.15, -0.1) is 0 Å². The van der Waals surface area contributed by atoms with Crippen LogP contribution in [0, 0.1) is 25.5 Å². The molecule has 4 aliphatic heterocycles. The Morgan fingerprint density at radius 2 is 1.34 bits per heavy atom. The summed E-state index contributed by atoms with van der Waals surface area (Å²) in [6.07, 6.45) is 5.76. The molecule has 0 unspecified atom stereocenters. The van der Waals surface area contributed by atoms with Crippen LogP contribution in [-0.2, 0) is 4.74 Å². The fourth-order valence-corrected chi connectivity index (χ4v) is 9.79. The molecule has 370 valence electrons. The van der Waals surface area contributed by atoms with Crippen LogP contribution in [0.2, 0.25) is 0 Å². The van der Waals surface area contributed by atoms with Gasteiger partial charge >= 0.3 is 17.5 Å². The second kappa shape index (κ2) is 18.3. The number of rotatable bonds is 5. The number of methoxy groups -OCH3 is 1. The number of aryl methyl sites for hydroxylation is 2. The van der Waals surface area contributed by atoms with E-state index in [1.54, 1.807) is 29.4 Å². The maximum absolute atomic E-state index is 16.1. The maximum atomic E-state index is 16.1. The molecule has 0 saturated carbocycles. The summed E-state index contributed by atoms with van der Waals surface area (Å²) in [6, 6.07) is 3.18. The van der Waals surface area contributed by atoms with Gasteiger partial charge in [0.2, 0.25) is 23.4 Å². The Labute approximate surface area is 401 Å². The number of piperidine rings is 1. The van der Waals surface area contributed by atoms with Gasteiger partial charge in [0.15, 0.2) is 0 Å². The molecule has 0 aromatic carbocycles. The summed E-state index contributed by atoms with van der Waals surface area (Å²) in [7, 11) is 1.31. The highest BCUT2D eigenvalue weighted by molar-refractivity contribution is 5.97. The molecule has 19 nitrogen and oxygen atoms in total. The number of carbonyl (C=O) groups excluding carboxylic acids is 1. The average molecular weight is 966 g/mol. The number of hydrogen-bond acceptors (Lipinski definition) is 15. The molecule has 6 aromatic heterocycles. The van der Waals surface area contributed by atoms with Crippen molar-refractivity contribution in [3.05, 3.63) is 90.0 Å². The van der Waals surface area contributed by atoms with Crippen molar-refractivity contribution < 1.29 is 32.5 Å². The van der Waals surface area contributed by atoms with E-state index in [0.717, 1.165) is 30.4 Å². The molecule has 21 heteroatoms. The molecule has 6 aromatic rings. The third kappa shape index (κ3) is 8.31. The number of halogens is 2. The SMILES string of the molecule is COc1nc2c3c(nc(=O)n(-c4c(C)ccnc4C(C)C)c3c1F)N1CCN(C(=O)OC(C)(C)C)C[C@H]1CO2.Cc1ccnc(C(C)C)c1-n1c(=O)nc2c3c([nH]c(=O)c(F)c31)OC[C@@H]1CCCCN21. The summed E-state index contributed by atoms with van der Waals surface area (Å²) in [5.41, 5.74) is 0.633. The molecule has 2 fully saturated rings. The topological polar surface area (TPSA) is 205 Å². The zero-order valence-corrected chi connectivity index (χ0v) is 41.0. The second-order valence-corrected chi connectivity index (χ2v) is 19.7. The molecule has 0 radical (unpaired) electrons. The summed E-state index contributed by atoms with van der Waals surface area (Å²) in [6.45, 7) is 19.0. The molecule has 4 aliphatic rings. The standard InChI is InChI=1S/C27H33FN6O5.C22H24FN5O3/c1-14(2)19-20(15(3)8-9-29-19)34-21-17-22(30-25(34)35)33-11-10-32(26(36)39-27(4,5)6)12-16(33)13-38-23(17)31-24(37-7)18(21)28;1-11(2)16-17(12(3)7-8-24-16)28-18-14-19(25-22(28)30)27-9-5-4-6-13(27)10-31-21(14)26-20(29)15(18)23/h8-9,14,16H,10-13H2,1-7H3;7-8,11,13H,4-6,9-10H2,1-3H3,(H,26,29)/t16-;13-/m00/s1. The Hall–Kier alpha value is -7.19. The van der Waals surface area contributed by atoms with E-state index in [1.807, 2.05) is 72.1 Å². The minimum Gasteiger partial charge on any atom is -0.479 e. The van der Waals surface area contributed by atoms with Crippen LogP contribution in [0.3, 0.4) is 0 Å². The monoisotopic (exact) mass is 965 g/mol.